The van der Waals surface area contributed by atoms with Crippen LogP contribution in [0.15, 0.2) is 24.3 Å². The zero-order valence-corrected chi connectivity index (χ0v) is 17.2. The first-order valence-electron chi connectivity index (χ1n) is 9.98. The van der Waals surface area contributed by atoms with E-state index in [4.69, 9.17) is 0 Å². The van der Waals surface area contributed by atoms with E-state index in [0.29, 0.717) is 6.04 Å². The van der Waals surface area contributed by atoms with Gasteiger partial charge in [0.2, 0.25) is 0 Å². The van der Waals surface area contributed by atoms with Gasteiger partial charge in [-0.05, 0) is 44.4 Å². The molecule has 0 aromatic heterocycles. The molecule has 1 aromatic rings. The Morgan fingerprint density at radius 2 is 1.52 bits per heavy atom. The molecule has 0 aliphatic carbocycles. The molecule has 5 heteroatoms. The molecule has 4 nitrogen and oxygen atoms in total. The van der Waals surface area contributed by atoms with Crippen LogP contribution in [-0.4, -0.2) is 46.8 Å². The Morgan fingerprint density at radius 3 is 2.00 bits per heavy atom. The highest BCUT2D eigenvalue weighted by Gasteiger charge is 2.34. The van der Waals surface area contributed by atoms with Crippen LogP contribution in [0.1, 0.15) is 70.3 Å². The molecule has 0 radical (unpaired) electrons. The number of piperidine rings is 1. The Bertz CT molecular complexity index is 486. The molecular weight excluding hydrogens is 311 g/mol. The minimum atomic E-state index is -0.382. The topological polar surface area (TPSA) is 43.8 Å². The number of hydrogen-bond acceptors (Lipinski definition) is 3. The van der Waals surface area contributed by atoms with Crippen LogP contribution in [0.2, 0.25) is 6.82 Å². The predicted molar refractivity (Wildman–Crippen MR) is 109 cm³/mol. The fraction of sp³-hybridized carbons (Fsp3) is 0.650. The molecule has 25 heavy (non-hydrogen) atoms. The maximum Gasteiger partial charge on any atom is 0.376 e. The average molecular weight is 348 g/mol. The standard InChI is InChI=1S/C14H19BN2O2.3C2H6/c1-15(19)16-8-6-12(7-9-16)17-10-11-4-2-3-5-13(11)14(17)18;3*1-2/h2-5,12,19H,6-10H2,1H3;3*1-2H3. The highest BCUT2D eigenvalue weighted by Crippen LogP contribution is 2.28. The second kappa shape index (κ2) is 13.0. The molecule has 1 fully saturated rings. The molecule has 1 amide bonds. The normalized spacial score (nSPS) is 16.5. The van der Waals surface area contributed by atoms with Crippen LogP contribution in [0.25, 0.3) is 0 Å². The van der Waals surface area contributed by atoms with Gasteiger partial charge in [0.25, 0.3) is 5.91 Å². The third-order valence-electron chi connectivity index (χ3n) is 4.32. The molecule has 1 N–H and O–H groups in total. The summed E-state index contributed by atoms with van der Waals surface area (Å²) in [6, 6.07) is 8.19. The quantitative estimate of drug-likeness (QED) is 0.811. The summed E-state index contributed by atoms with van der Waals surface area (Å²) in [7, 11) is -0.382. The van der Waals surface area contributed by atoms with E-state index >= 15 is 0 Å². The number of hydrogen-bond donors (Lipinski definition) is 1. The first-order valence-corrected chi connectivity index (χ1v) is 9.98. The Balaban J connectivity index is 0.000000871. The SMILES string of the molecule is CB(O)N1CCC(N2Cc3ccccc3C2=O)CC1.CC.CC.CC. The third-order valence-corrected chi connectivity index (χ3v) is 4.32. The van der Waals surface area contributed by atoms with Gasteiger partial charge in [-0.2, -0.15) is 0 Å². The molecule has 0 atom stereocenters. The number of rotatable bonds is 2. The van der Waals surface area contributed by atoms with Crippen molar-refractivity contribution in [1.29, 1.82) is 0 Å². The van der Waals surface area contributed by atoms with Gasteiger partial charge in [0.1, 0.15) is 0 Å². The molecule has 2 heterocycles. The molecule has 0 spiro atoms. The lowest BCUT2D eigenvalue weighted by molar-refractivity contribution is 0.0636. The van der Waals surface area contributed by atoms with E-state index in [1.807, 2.05) is 70.7 Å². The van der Waals surface area contributed by atoms with E-state index < -0.39 is 0 Å². The van der Waals surface area contributed by atoms with Crippen molar-refractivity contribution in [2.75, 3.05) is 13.1 Å². The van der Waals surface area contributed by atoms with Gasteiger partial charge in [-0.25, -0.2) is 0 Å². The Hall–Kier alpha value is -1.33. The van der Waals surface area contributed by atoms with Crippen molar-refractivity contribution in [3.63, 3.8) is 0 Å². The maximum atomic E-state index is 12.4. The molecule has 0 bridgehead atoms. The monoisotopic (exact) mass is 348 g/mol. The second-order valence-electron chi connectivity index (χ2n) is 5.49. The number of fused-ring (bicyclic) bond motifs is 1. The molecule has 2 aliphatic heterocycles. The summed E-state index contributed by atoms with van der Waals surface area (Å²) >= 11 is 0. The van der Waals surface area contributed by atoms with Gasteiger partial charge < -0.3 is 14.7 Å². The van der Waals surface area contributed by atoms with Crippen LogP contribution in [0.5, 0.6) is 0 Å². The van der Waals surface area contributed by atoms with Crippen molar-refractivity contribution >= 4 is 13.0 Å². The minimum Gasteiger partial charge on any atom is -0.437 e. The van der Waals surface area contributed by atoms with Crippen LogP contribution in [0, 0.1) is 0 Å². The van der Waals surface area contributed by atoms with E-state index in [1.54, 1.807) is 6.82 Å². The van der Waals surface area contributed by atoms with Crippen LogP contribution < -0.4 is 0 Å². The van der Waals surface area contributed by atoms with Gasteiger partial charge in [-0.1, -0.05) is 59.7 Å². The van der Waals surface area contributed by atoms with Crippen molar-refractivity contribution in [3.8, 4) is 0 Å². The highest BCUT2D eigenvalue weighted by atomic mass is 16.2. The maximum absolute atomic E-state index is 12.4. The largest absolute Gasteiger partial charge is 0.437 e. The lowest BCUT2D eigenvalue weighted by atomic mass is 9.82. The zero-order chi connectivity index (χ0) is 19.4. The van der Waals surface area contributed by atoms with Gasteiger partial charge in [-0.3, -0.25) is 4.79 Å². The summed E-state index contributed by atoms with van der Waals surface area (Å²) in [4.78, 5) is 16.4. The van der Waals surface area contributed by atoms with Crippen LogP contribution in [0.4, 0.5) is 0 Å². The first kappa shape index (κ1) is 23.7. The smallest absolute Gasteiger partial charge is 0.376 e. The highest BCUT2D eigenvalue weighted by molar-refractivity contribution is 6.45. The molecule has 1 saturated heterocycles. The molecular formula is C20H37BN2O2. The lowest BCUT2D eigenvalue weighted by Gasteiger charge is -2.37. The fourth-order valence-electron chi connectivity index (χ4n) is 3.14. The zero-order valence-electron chi connectivity index (χ0n) is 17.2. The summed E-state index contributed by atoms with van der Waals surface area (Å²) in [6.45, 7) is 16.3. The van der Waals surface area contributed by atoms with Gasteiger partial charge in [0, 0.05) is 18.2 Å². The van der Waals surface area contributed by atoms with Crippen molar-refractivity contribution in [2.24, 2.45) is 0 Å². The fourth-order valence-corrected chi connectivity index (χ4v) is 3.14. The lowest BCUT2D eigenvalue weighted by Crippen LogP contribution is -2.49. The number of benzene rings is 1. The van der Waals surface area contributed by atoms with Gasteiger partial charge >= 0.3 is 7.05 Å². The van der Waals surface area contributed by atoms with Crippen molar-refractivity contribution in [2.45, 2.75) is 73.8 Å². The first-order chi connectivity index (χ1) is 12.2. The second-order valence-corrected chi connectivity index (χ2v) is 5.49. The summed E-state index contributed by atoms with van der Waals surface area (Å²) in [5, 5.41) is 9.57. The summed E-state index contributed by atoms with van der Waals surface area (Å²) < 4.78 is 0. The van der Waals surface area contributed by atoms with E-state index in [0.717, 1.165) is 43.6 Å². The molecule has 0 saturated carbocycles. The number of carbonyl (C=O) groups excluding carboxylic acids is 1. The van der Waals surface area contributed by atoms with E-state index in [9.17, 15) is 9.82 Å². The Morgan fingerprint density at radius 1 is 1.00 bits per heavy atom. The third kappa shape index (κ3) is 6.16. The number of amides is 1. The molecule has 0 unspecified atom stereocenters. The average Bonchev–Trinajstić information content (AvgIpc) is 3.04. The number of carbonyl (C=O) groups is 1. The molecule has 1 aromatic carbocycles. The molecule has 2 aliphatic rings. The number of nitrogens with zero attached hydrogens (tertiary/aromatic N) is 2. The molecule has 3 rings (SSSR count). The van der Waals surface area contributed by atoms with E-state index in [2.05, 4.69) is 4.81 Å². The van der Waals surface area contributed by atoms with Crippen LogP contribution in [-0.2, 0) is 6.54 Å². The summed E-state index contributed by atoms with van der Waals surface area (Å²) in [5.41, 5.74) is 2.01. The van der Waals surface area contributed by atoms with E-state index in [-0.39, 0.29) is 13.0 Å². The Kier molecular flexibility index (Phi) is 12.3. The Labute approximate surface area is 155 Å². The minimum absolute atomic E-state index is 0.172. The predicted octanol–water partition coefficient (Wildman–Crippen LogP) is 4.30. The van der Waals surface area contributed by atoms with E-state index in [1.165, 1.54) is 0 Å². The summed E-state index contributed by atoms with van der Waals surface area (Å²) in [5.74, 6) is 0.172. The van der Waals surface area contributed by atoms with Gasteiger partial charge in [0.15, 0.2) is 0 Å². The summed E-state index contributed by atoms with van der Waals surface area (Å²) in [6.07, 6.45) is 1.90. The van der Waals surface area contributed by atoms with Crippen molar-refractivity contribution in [1.82, 2.24) is 9.71 Å². The van der Waals surface area contributed by atoms with Crippen molar-refractivity contribution < 1.29 is 9.82 Å². The van der Waals surface area contributed by atoms with Crippen LogP contribution >= 0.6 is 0 Å². The van der Waals surface area contributed by atoms with Gasteiger partial charge in [-0.15, -0.1) is 0 Å². The van der Waals surface area contributed by atoms with Crippen molar-refractivity contribution in [3.05, 3.63) is 35.4 Å². The van der Waals surface area contributed by atoms with Gasteiger partial charge in [0.05, 0.1) is 0 Å². The van der Waals surface area contributed by atoms with Crippen LogP contribution in [0.3, 0.4) is 0 Å². The molecule has 142 valence electrons.